The molecule has 6 nitrogen and oxygen atoms in total. The van der Waals surface area contributed by atoms with Crippen LogP contribution < -0.4 is 10.2 Å². The number of halogens is 2. The quantitative estimate of drug-likeness (QED) is 0.392. The summed E-state index contributed by atoms with van der Waals surface area (Å²) in [4.78, 5) is 19.3. The maximum Gasteiger partial charge on any atom is 0.326 e. The van der Waals surface area contributed by atoms with Crippen molar-refractivity contribution >= 4 is 28.9 Å². The fourth-order valence-corrected chi connectivity index (χ4v) is 4.08. The molecule has 2 amide bonds. The third kappa shape index (κ3) is 3.99. The molecule has 5 rings (SSSR count). The maximum absolute atomic E-state index is 13.3. The second-order valence-electron chi connectivity index (χ2n) is 7.54. The molecule has 8 heteroatoms. The van der Waals surface area contributed by atoms with Crippen LogP contribution in [0.5, 0.6) is 0 Å². The van der Waals surface area contributed by atoms with Crippen molar-refractivity contribution in [2.45, 2.75) is 13.0 Å². The van der Waals surface area contributed by atoms with Crippen molar-refractivity contribution in [3.05, 3.63) is 107 Å². The van der Waals surface area contributed by atoms with Crippen LogP contribution >= 0.6 is 11.6 Å². The SMILES string of the molecule is CC1=C(c2nc(-c3ccc(F)cc3)no2)C(c2ccccc2)NC(=O)N1c1cccc(Cl)c1. The molecule has 0 aliphatic carbocycles. The van der Waals surface area contributed by atoms with Crippen LogP contribution in [0, 0.1) is 5.82 Å². The predicted molar refractivity (Wildman–Crippen MR) is 124 cm³/mol. The van der Waals surface area contributed by atoms with Crippen molar-refractivity contribution in [2.75, 3.05) is 4.90 Å². The molecule has 1 N–H and O–H groups in total. The summed E-state index contributed by atoms with van der Waals surface area (Å²) in [6.45, 7) is 1.83. The summed E-state index contributed by atoms with van der Waals surface area (Å²) in [5, 5.41) is 7.64. The van der Waals surface area contributed by atoms with Crippen LogP contribution in [0.15, 0.2) is 89.1 Å². The summed E-state index contributed by atoms with van der Waals surface area (Å²) in [5.41, 5.74) is 3.38. The third-order valence-corrected chi connectivity index (χ3v) is 5.68. The van der Waals surface area contributed by atoms with Crippen LogP contribution in [-0.4, -0.2) is 16.2 Å². The first-order valence-electron chi connectivity index (χ1n) is 10.2. The molecule has 0 saturated heterocycles. The van der Waals surface area contributed by atoms with E-state index in [0.717, 1.165) is 5.56 Å². The molecule has 1 aliphatic rings. The summed E-state index contributed by atoms with van der Waals surface area (Å²) in [5.74, 6) is 0.230. The Morgan fingerprint density at radius 2 is 1.79 bits per heavy atom. The lowest BCUT2D eigenvalue weighted by Crippen LogP contribution is -2.46. The van der Waals surface area contributed by atoms with Crippen molar-refractivity contribution in [3.63, 3.8) is 0 Å². The van der Waals surface area contributed by atoms with Gasteiger partial charge in [-0.05, 0) is 55.0 Å². The second-order valence-corrected chi connectivity index (χ2v) is 7.97. The number of carbonyl (C=O) groups is 1. The normalized spacial score (nSPS) is 16.2. The average Bonchev–Trinajstić information content (AvgIpc) is 3.29. The first-order valence-corrected chi connectivity index (χ1v) is 10.6. The Labute approximate surface area is 194 Å². The van der Waals surface area contributed by atoms with E-state index in [4.69, 9.17) is 16.1 Å². The van der Waals surface area contributed by atoms with Gasteiger partial charge in [0.2, 0.25) is 5.82 Å². The fraction of sp³-hybridized carbons (Fsp3) is 0.0800. The number of hydrogen-bond donors (Lipinski definition) is 1. The van der Waals surface area contributed by atoms with E-state index in [1.165, 1.54) is 17.0 Å². The first kappa shape index (κ1) is 20.9. The number of amides is 2. The summed E-state index contributed by atoms with van der Waals surface area (Å²) >= 11 is 6.18. The van der Waals surface area contributed by atoms with E-state index >= 15 is 0 Å². The lowest BCUT2D eigenvalue weighted by molar-refractivity contribution is 0.244. The molecule has 1 aliphatic heterocycles. The van der Waals surface area contributed by atoms with Crippen molar-refractivity contribution in [1.82, 2.24) is 15.5 Å². The molecule has 33 heavy (non-hydrogen) atoms. The molecule has 0 spiro atoms. The lowest BCUT2D eigenvalue weighted by atomic mass is 9.94. The Morgan fingerprint density at radius 1 is 1.03 bits per heavy atom. The topological polar surface area (TPSA) is 71.3 Å². The standard InChI is InChI=1S/C25H18ClFN4O2/c1-15-21(24-29-23(30-33-24)17-10-12-19(27)13-11-17)22(16-6-3-2-4-7-16)28-25(32)31(15)20-9-5-8-18(26)14-20/h2-14,22H,1H3,(H,28,32). The smallest absolute Gasteiger partial charge is 0.326 e. The van der Waals surface area contributed by atoms with Gasteiger partial charge in [-0.2, -0.15) is 4.98 Å². The van der Waals surface area contributed by atoms with E-state index in [0.29, 0.717) is 33.4 Å². The van der Waals surface area contributed by atoms with Crippen LogP contribution in [0.25, 0.3) is 17.0 Å². The maximum atomic E-state index is 13.3. The predicted octanol–water partition coefficient (Wildman–Crippen LogP) is 6.23. The van der Waals surface area contributed by atoms with Gasteiger partial charge >= 0.3 is 6.03 Å². The van der Waals surface area contributed by atoms with E-state index in [1.807, 2.05) is 37.3 Å². The molecule has 1 atom stereocenters. The van der Waals surface area contributed by atoms with Gasteiger partial charge in [0.05, 0.1) is 17.3 Å². The van der Waals surface area contributed by atoms with E-state index in [-0.39, 0.29) is 17.7 Å². The highest BCUT2D eigenvalue weighted by Gasteiger charge is 2.36. The molecule has 0 radical (unpaired) electrons. The molecule has 0 fully saturated rings. The molecule has 3 aromatic carbocycles. The van der Waals surface area contributed by atoms with Gasteiger partial charge in [-0.1, -0.05) is 53.2 Å². The number of anilines is 1. The average molecular weight is 461 g/mol. The molecule has 1 unspecified atom stereocenters. The van der Waals surface area contributed by atoms with Crippen LogP contribution in [0.2, 0.25) is 5.02 Å². The van der Waals surface area contributed by atoms with Crippen LogP contribution in [0.4, 0.5) is 14.9 Å². The van der Waals surface area contributed by atoms with Crippen molar-refractivity contribution < 1.29 is 13.7 Å². The van der Waals surface area contributed by atoms with Gasteiger partial charge in [-0.15, -0.1) is 0 Å². The number of nitrogens with zero attached hydrogens (tertiary/aromatic N) is 3. The van der Waals surface area contributed by atoms with Gasteiger partial charge in [-0.25, -0.2) is 9.18 Å². The van der Waals surface area contributed by atoms with E-state index < -0.39 is 6.04 Å². The summed E-state index contributed by atoms with van der Waals surface area (Å²) in [6.07, 6.45) is 0. The second kappa shape index (κ2) is 8.52. The largest absolute Gasteiger partial charge is 0.334 e. The fourth-order valence-electron chi connectivity index (χ4n) is 3.89. The summed E-state index contributed by atoms with van der Waals surface area (Å²) < 4.78 is 19.0. The van der Waals surface area contributed by atoms with Crippen LogP contribution in [-0.2, 0) is 0 Å². The summed E-state index contributed by atoms with van der Waals surface area (Å²) in [7, 11) is 0. The minimum atomic E-state index is -0.504. The van der Waals surface area contributed by atoms with E-state index in [2.05, 4.69) is 15.5 Å². The van der Waals surface area contributed by atoms with Gasteiger partial charge in [0.25, 0.3) is 5.89 Å². The summed E-state index contributed by atoms with van der Waals surface area (Å²) in [6, 6.07) is 21.6. The van der Waals surface area contributed by atoms with Crippen molar-refractivity contribution in [3.8, 4) is 11.4 Å². The minimum absolute atomic E-state index is 0.257. The van der Waals surface area contributed by atoms with Gasteiger partial charge in [0, 0.05) is 16.3 Å². The third-order valence-electron chi connectivity index (χ3n) is 5.44. The number of allylic oxidation sites excluding steroid dienone is 1. The van der Waals surface area contributed by atoms with Crippen molar-refractivity contribution in [1.29, 1.82) is 0 Å². The van der Waals surface area contributed by atoms with E-state index in [1.54, 1.807) is 36.4 Å². The monoisotopic (exact) mass is 460 g/mol. The van der Waals surface area contributed by atoms with Crippen molar-refractivity contribution in [2.24, 2.45) is 0 Å². The lowest BCUT2D eigenvalue weighted by Gasteiger charge is -2.35. The van der Waals surface area contributed by atoms with Gasteiger partial charge in [-0.3, -0.25) is 4.90 Å². The molecule has 2 heterocycles. The number of aromatic nitrogens is 2. The number of urea groups is 1. The molecule has 0 saturated carbocycles. The number of rotatable bonds is 4. The zero-order valence-corrected chi connectivity index (χ0v) is 18.3. The van der Waals surface area contributed by atoms with Crippen LogP contribution in [0.3, 0.4) is 0 Å². The van der Waals surface area contributed by atoms with Gasteiger partial charge < -0.3 is 9.84 Å². The molecular weight excluding hydrogens is 443 g/mol. The zero-order valence-electron chi connectivity index (χ0n) is 17.5. The Bertz CT molecular complexity index is 1350. The Balaban J connectivity index is 1.65. The number of nitrogens with one attached hydrogen (secondary N) is 1. The van der Waals surface area contributed by atoms with Gasteiger partial charge in [0.15, 0.2) is 0 Å². The Kier molecular flexibility index (Phi) is 5.40. The molecule has 4 aromatic rings. The molecule has 1 aromatic heterocycles. The molecule has 0 bridgehead atoms. The number of carbonyl (C=O) groups excluding carboxylic acids is 1. The highest BCUT2D eigenvalue weighted by molar-refractivity contribution is 6.31. The highest BCUT2D eigenvalue weighted by Crippen LogP contribution is 2.39. The minimum Gasteiger partial charge on any atom is -0.334 e. The van der Waals surface area contributed by atoms with Crippen LogP contribution in [0.1, 0.15) is 24.4 Å². The Hall–Kier alpha value is -3.97. The number of hydrogen-bond acceptors (Lipinski definition) is 4. The van der Waals surface area contributed by atoms with Gasteiger partial charge in [0.1, 0.15) is 5.82 Å². The Morgan fingerprint density at radius 3 is 2.52 bits per heavy atom. The number of benzene rings is 3. The zero-order chi connectivity index (χ0) is 22.9. The molecule has 164 valence electrons. The van der Waals surface area contributed by atoms with E-state index in [9.17, 15) is 9.18 Å². The highest BCUT2D eigenvalue weighted by atomic mass is 35.5. The molecular formula is C25H18ClFN4O2. The first-order chi connectivity index (χ1) is 16.0.